The van der Waals surface area contributed by atoms with E-state index in [1.54, 1.807) is 13.1 Å². The van der Waals surface area contributed by atoms with Crippen molar-refractivity contribution in [1.82, 2.24) is 20.0 Å². The molecule has 3 N–H and O–H groups in total. The highest BCUT2D eigenvalue weighted by atomic mass is 32.1. The first-order chi connectivity index (χ1) is 9.56. The summed E-state index contributed by atoms with van der Waals surface area (Å²) in [5.41, 5.74) is 0.390. The molecule has 3 heterocycles. The normalized spacial score (nSPS) is 10.8. The van der Waals surface area contributed by atoms with Crippen LogP contribution in [0, 0.1) is 0 Å². The van der Waals surface area contributed by atoms with Gasteiger partial charge >= 0.3 is 5.97 Å². The fourth-order valence-electron chi connectivity index (χ4n) is 1.79. The Kier molecular flexibility index (Phi) is 2.75. The number of H-pyrrole nitrogens is 1. The number of rotatable bonds is 3. The van der Waals surface area contributed by atoms with Crippen molar-refractivity contribution in [2.75, 3.05) is 5.32 Å². The van der Waals surface area contributed by atoms with E-state index in [-0.39, 0.29) is 10.8 Å². The molecule has 9 heteroatoms. The lowest BCUT2D eigenvalue weighted by Crippen LogP contribution is -2.16. The van der Waals surface area contributed by atoms with Crippen molar-refractivity contribution in [3.8, 4) is 0 Å². The summed E-state index contributed by atoms with van der Waals surface area (Å²) >= 11 is 1.04. The summed E-state index contributed by atoms with van der Waals surface area (Å²) in [5.74, 6) is -0.995. The fraction of sp³-hybridized carbons (Fsp3) is 0.0909. The number of aromatic nitrogens is 4. The third-order valence-electron chi connectivity index (χ3n) is 2.75. The van der Waals surface area contributed by atoms with Gasteiger partial charge in [0.15, 0.2) is 0 Å². The van der Waals surface area contributed by atoms with Crippen LogP contribution in [0.15, 0.2) is 18.3 Å². The highest BCUT2D eigenvalue weighted by Crippen LogP contribution is 2.29. The van der Waals surface area contributed by atoms with E-state index in [0.717, 1.165) is 11.3 Å². The summed E-state index contributed by atoms with van der Waals surface area (Å²) in [6.07, 6.45) is 1.52. The number of amides is 1. The van der Waals surface area contributed by atoms with E-state index in [1.165, 1.54) is 16.9 Å². The van der Waals surface area contributed by atoms with Crippen LogP contribution in [0.25, 0.3) is 10.2 Å². The molecule has 0 spiro atoms. The van der Waals surface area contributed by atoms with Crippen molar-refractivity contribution in [3.05, 3.63) is 28.9 Å². The van der Waals surface area contributed by atoms with Crippen LogP contribution in [0.4, 0.5) is 5.82 Å². The molecule has 0 bridgehead atoms. The highest BCUT2D eigenvalue weighted by molar-refractivity contribution is 7.20. The maximum Gasteiger partial charge on any atom is 0.345 e. The van der Waals surface area contributed by atoms with Crippen molar-refractivity contribution in [2.24, 2.45) is 7.05 Å². The monoisotopic (exact) mass is 291 g/mol. The van der Waals surface area contributed by atoms with Gasteiger partial charge in [0.2, 0.25) is 0 Å². The third kappa shape index (κ3) is 1.93. The summed E-state index contributed by atoms with van der Waals surface area (Å²) in [6, 6.07) is 3.06. The summed E-state index contributed by atoms with van der Waals surface area (Å²) in [5, 5.41) is 22.7. The average Bonchev–Trinajstić information content (AvgIpc) is 3.05. The molecule has 0 radical (unpaired) electrons. The Morgan fingerprint density at radius 1 is 1.50 bits per heavy atom. The molecule has 0 aliphatic carbocycles. The number of aromatic amines is 1. The van der Waals surface area contributed by atoms with E-state index in [1.807, 2.05) is 0 Å². The number of aromatic carboxylic acids is 1. The Hall–Kier alpha value is -2.68. The number of carboxylic acid groups (broad SMARTS) is 1. The summed E-state index contributed by atoms with van der Waals surface area (Å²) in [6.45, 7) is 0. The Morgan fingerprint density at radius 2 is 2.30 bits per heavy atom. The molecule has 1 amide bonds. The van der Waals surface area contributed by atoms with Gasteiger partial charge in [-0.1, -0.05) is 0 Å². The molecular weight excluding hydrogens is 282 g/mol. The van der Waals surface area contributed by atoms with Gasteiger partial charge < -0.3 is 10.4 Å². The van der Waals surface area contributed by atoms with Crippen molar-refractivity contribution in [2.45, 2.75) is 0 Å². The lowest BCUT2D eigenvalue weighted by atomic mass is 10.3. The van der Waals surface area contributed by atoms with Crippen LogP contribution in [0.5, 0.6) is 0 Å². The first kappa shape index (κ1) is 12.4. The van der Waals surface area contributed by atoms with E-state index in [4.69, 9.17) is 5.11 Å². The van der Waals surface area contributed by atoms with Crippen molar-refractivity contribution in [3.63, 3.8) is 0 Å². The van der Waals surface area contributed by atoms with Gasteiger partial charge in [0.25, 0.3) is 5.91 Å². The third-order valence-corrected chi connectivity index (χ3v) is 3.77. The molecule has 0 atom stereocenters. The van der Waals surface area contributed by atoms with Gasteiger partial charge in [-0.05, 0) is 12.1 Å². The van der Waals surface area contributed by atoms with Crippen LogP contribution in [0.1, 0.15) is 20.2 Å². The molecule has 0 saturated carbocycles. The van der Waals surface area contributed by atoms with Gasteiger partial charge in [-0.2, -0.15) is 10.2 Å². The number of aryl methyl sites for hydroxylation is 1. The van der Waals surface area contributed by atoms with Gasteiger partial charge in [-0.25, -0.2) is 4.79 Å². The minimum Gasteiger partial charge on any atom is -0.477 e. The average molecular weight is 291 g/mol. The van der Waals surface area contributed by atoms with Crippen LogP contribution in [-0.2, 0) is 7.05 Å². The second-order valence-corrected chi connectivity index (χ2v) is 5.06. The molecule has 0 aromatic carbocycles. The minimum absolute atomic E-state index is 0.174. The first-order valence-electron chi connectivity index (χ1n) is 5.57. The van der Waals surface area contributed by atoms with Gasteiger partial charge in [-0.3, -0.25) is 14.6 Å². The van der Waals surface area contributed by atoms with Gasteiger partial charge in [0.05, 0.1) is 5.39 Å². The highest BCUT2D eigenvalue weighted by Gasteiger charge is 2.17. The number of nitrogens with one attached hydrogen (secondary N) is 2. The van der Waals surface area contributed by atoms with E-state index < -0.39 is 5.97 Å². The van der Waals surface area contributed by atoms with Crippen molar-refractivity contribution < 1.29 is 14.7 Å². The first-order valence-corrected chi connectivity index (χ1v) is 6.38. The Bertz CT molecular complexity index is 815. The standard InChI is InChI=1S/C11H9N5O3S/c1-16-6(2-3-12-16)9(17)13-8-5-4-7(11(18)19)20-10(5)15-14-8/h2-4H,1H3,(H,18,19)(H2,13,14,15,17). The lowest BCUT2D eigenvalue weighted by Gasteiger charge is -2.02. The Morgan fingerprint density at radius 3 is 2.95 bits per heavy atom. The smallest absolute Gasteiger partial charge is 0.345 e. The largest absolute Gasteiger partial charge is 0.477 e. The van der Waals surface area contributed by atoms with Crippen LogP contribution >= 0.6 is 11.3 Å². The summed E-state index contributed by atoms with van der Waals surface area (Å²) in [4.78, 5) is 23.7. The van der Waals surface area contributed by atoms with Gasteiger partial charge in [0.1, 0.15) is 21.2 Å². The van der Waals surface area contributed by atoms with Gasteiger partial charge in [0, 0.05) is 13.2 Å². The maximum atomic E-state index is 12.0. The van der Waals surface area contributed by atoms with Crippen LogP contribution in [-0.4, -0.2) is 37.0 Å². The predicted octanol–water partition coefficient (Wildman–Crippen LogP) is 1.31. The summed E-state index contributed by atoms with van der Waals surface area (Å²) < 4.78 is 1.44. The van der Waals surface area contributed by atoms with Crippen LogP contribution < -0.4 is 5.32 Å². The number of carbonyl (C=O) groups is 2. The zero-order chi connectivity index (χ0) is 14.3. The minimum atomic E-state index is -1.02. The molecule has 3 rings (SSSR count). The molecule has 0 saturated heterocycles. The molecule has 8 nitrogen and oxygen atoms in total. The second-order valence-electron chi connectivity index (χ2n) is 4.03. The molecule has 102 valence electrons. The maximum absolute atomic E-state index is 12.0. The number of fused-ring (bicyclic) bond motifs is 1. The molecule has 0 fully saturated rings. The van der Waals surface area contributed by atoms with Crippen molar-refractivity contribution >= 4 is 39.2 Å². The quantitative estimate of drug-likeness (QED) is 0.673. The molecule has 0 aliphatic heterocycles. The zero-order valence-corrected chi connectivity index (χ0v) is 11.1. The van der Waals surface area contributed by atoms with Crippen LogP contribution in [0.3, 0.4) is 0 Å². The van der Waals surface area contributed by atoms with E-state index >= 15 is 0 Å². The topological polar surface area (TPSA) is 113 Å². The SMILES string of the molecule is Cn1nccc1C(=O)Nc1[nH]nc2sc(C(=O)O)cc12. The van der Waals surface area contributed by atoms with E-state index in [9.17, 15) is 9.59 Å². The fourth-order valence-corrected chi connectivity index (χ4v) is 2.62. The number of carboxylic acids is 1. The number of hydrogen-bond donors (Lipinski definition) is 3. The number of anilines is 1. The molecule has 3 aromatic heterocycles. The molecule has 20 heavy (non-hydrogen) atoms. The second kappa shape index (κ2) is 4.46. The number of thiophene rings is 1. The molecule has 0 unspecified atom stereocenters. The number of nitrogens with zero attached hydrogens (tertiary/aromatic N) is 3. The lowest BCUT2D eigenvalue weighted by molar-refractivity contribution is 0.0702. The molecular formula is C11H9N5O3S. The van der Waals surface area contributed by atoms with E-state index in [0.29, 0.717) is 21.7 Å². The van der Waals surface area contributed by atoms with Crippen molar-refractivity contribution in [1.29, 1.82) is 0 Å². The summed E-state index contributed by atoms with van der Waals surface area (Å²) in [7, 11) is 1.66. The Balaban J connectivity index is 1.93. The molecule has 0 aliphatic rings. The predicted molar refractivity (Wildman–Crippen MR) is 72.1 cm³/mol. The zero-order valence-electron chi connectivity index (χ0n) is 10.2. The Labute approximate surface area is 116 Å². The molecule has 3 aromatic rings. The van der Waals surface area contributed by atoms with Crippen LogP contribution in [0.2, 0.25) is 0 Å². The number of carbonyl (C=O) groups excluding carboxylic acids is 1. The number of hydrogen-bond acceptors (Lipinski definition) is 5. The van der Waals surface area contributed by atoms with E-state index in [2.05, 4.69) is 20.6 Å². The van der Waals surface area contributed by atoms with Gasteiger partial charge in [-0.15, -0.1) is 11.3 Å².